The van der Waals surface area contributed by atoms with Crippen molar-refractivity contribution in [1.82, 2.24) is 0 Å². The van der Waals surface area contributed by atoms with Crippen LogP contribution in [-0.2, 0) is 0 Å². The van der Waals surface area contributed by atoms with Gasteiger partial charge in [0.25, 0.3) is 0 Å². The molecule has 5 heteroatoms. The molecule has 19 heavy (non-hydrogen) atoms. The molecule has 0 aliphatic rings. The Balaban J connectivity index is 3.73. The molecule has 0 aliphatic carbocycles. The van der Waals surface area contributed by atoms with Crippen molar-refractivity contribution < 1.29 is 25.5 Å². The van der Waals surface area contributed by atoms with Crippen LogP contribution in [0, 0.1) is 0 Å². The van der Waals surface area contributed by atoms with Crippen LogP contribution >= 0.6 is 0 Å². The summed E-state index contributed by atoms with van der Waals surface area (Å²) in [6, 6.07) is 0. The van der Waals surface area contributed by atoms with Gasteiger partial charge >= 0.3 is 0 Å². The van der Waals surface area contributed by atoms with E-state index in [2.05, 4.69) is 0 Å². The molecular formula is C14H26O5. The molecular weight excluding hydrogens is 248 g/mol. The molecule has 0 heterocycles. The van der Waals surface area contributed by atoms with Crippen LogP contribution in [0.3, 0.4) is 0 Å². The fourth-order valence-electron chi connectivity index (χ4n) is 1.48. The summed E-state index contributed by atoms with van der Waals surface area (Å²) in [5.74, 6) is 0. The second-order valence-corrected chi connectivity index (χ2v) is 4.52. The molecule has 5 N–H and O–H groups in total. The zero-order chi connectivity index (χ0) is 14.5. The van der Waals surface area contributed by atoms with Crippen molar-refractivity contribution in [2.45, 2.75) is 50.4 Å². The number of unbranched alkanes of at least 4 members (excludes halogenated alkanes) is 1. The number of aliphatic hydroxyl groups is 5. The second-order valence-electron chi connectivity index (χ2n) is 4.52. The Hall–Kier alpha value is -0.720. The predicted molar refractivity (Wildman–Crippen MR) is 73.6 cm³/mol. The van der Waals surface area contributed by atoms with Crippen LogP contribution in [0.1, 0.15) is 32.1 Å². The Morgan fingerprint density at radius 3 is 2.05 bits per heavy atom. The highest BCUT2D eigenvalue weighted by Gasteiger charge is 2.01. The molecule has 0 amide bonds. The van der Waals surface area contributed by atoms with E-state index in [1.54, 1.807) is 24.3 Å². The van der Waals surface area contributed by atoms with Crippen LogP contribution in [0.5, 0.6) is 0 Å². The highest BCUT2D eigenvalue weighted by atomic mass is 16.3. The number of hydrogen-bond donors (Lipinski definition) is 5. The summed E-state index contributed by atoms with van der Waals surface area (Å²) in [5.41, 5.74) is 0. The highest BCUT2D eigenvalue weighted by molar-refractivity contribution is 4.97. The van der Waals surface area contributed by atoms with Crippen LogP contribution in [0.2, 0.25) is 0 Å². The summed E-state index contributed by atoms with van der Waals surface area (Å²) < 4.78 is 0. The van der Waals surface area contributed by atoms with E-state index in [0.29, 0.717) is 25.7 Å². The van der Waals surface area contributed by atoms with Crippen molar-refractivity contribution in [1.29, 1.82) is 0 Å². The first-order valence-electron chi connectivity index (χ1n) is 6.69. The summed E-state index contributed by atoms with van der Waals surface area (Å²) in [5, 5.41) is 45.4. The maximum Gasteiger partial charge on any atom is 0.0805 e. The van der Waals surface area contributed by atoms with E-state index in [-0.39, 0.29) is 13.2 Å². The van der Waals surface area contributed by atoms with Crippen LogP contribution < -0.4 is 0 Å². The summed E-state index contributed by atoms with van der Waals surface area (Å²) in [4.78, 5) is 0. The van der Waals surface area contributed by atoms with Crippen LogP contribution in [0.4, 0.5) is 0 Å². The predicted octanol–water partition coefficient (Wildman–Crippen LogP) is 0.117. The monoisotopic (exact) mass is 274 g/mol. The van der Waals surface area contributed by atoms with Gasteiger partial charge in [0.2, 0.25) is 0 Å². The maximum absolute atomic E-state index is 9.56. The lowest BCUT2D eigenvalue weighted by Crippen LogP contribution is -2.10. The fraction of sp³-hybridized carbons (Fsp3) is 0.714. The van der Waals surface area contributed by atoms with E-state index >= 15 is 0 Å². The zero-order valence-corrected chi connectivity index (χ0v) is 11.2. The van der Waals surface area contributed by atoms with Crippen LogP contribution in [0.15, 0.2) is 24.3 Å². The standard InChI is InChI=1S/C14H26O5/c15-10-2-1-5-12(17)6-3-7-13(18)8-4-9-14(19)11-16/h3-4,6,8,12-19H,1-2,5,7,9-11H2/b6-3+,8-4+/t12-,13-,14-/m1/s1. The molecule has 112 valence electrons. The minimum Gasteiger partial charge on any atom is -0.396 e. The van der Waals surface area contributed by atoms with Gasteiger partial charge in [0, 0.05) is 6.61 Å². The van der Waals surface area contributed by atoms with Gasteiger partial charge in [-0.1, -0.05) is 24.3 Å². The SMILES string of the molecule is OCCCC[C@@H](O)/C=C/C[C@@H](O)/C=C/C[C@@H](O)CO. The molecule has 0 aromatic rings. The third kappa shape index (κ3) is 12.1. The first-order chi connectivity index (χ1) is 9.10. The van der Waals surface area contributed by atoms with E-state index in [0.717, 1.165) is 6.42 Å². The Morgan fingerprint density at radius 1 is 0.789 bits per heavy atom. The average Bonchev–Trinajstić information content (AvgIpc) is 2.38. The zero-order valence-electron chi connectivity index (χ0n) is 11.2. The lowest BCUT2D eigenvalue weighted by Gasteiger charge is -2.06. The lowest BCUT2D eigenvalue weighted by atomic mass is 10.1. The molecule has 0 spiro atoms. The van der Waals surface area contributed by atoms with Gasteiger partial charge in [-0.3, -0.25) is 0 Å². The van der Waals surface area contributed by atoms with Gasteiger partial charge in [0.05, 0.1) is 24.9 Å². The van der Waals surface area contributed by atoms with Crippen molar-refractivity contribution in [2.75, 3.05) is 13.2 Å². The van der Waals surface area contributed by atoms with E-state index in [1.165, 1.54) is 0 Å². The molecule has 3 atom stereocenters. The van der Waals surface area contributed by atoms with Crippen molar-refractivity contribution in [2.24, 2.45) is 0 Å². The largest absolute Gasteiger partial charge is 0.396 e. The highest BCUT2D eigenvalue weighted by Crippen LogP contribution is 2.04. The van der Waals surface area contributed by atoms with Gasteiger partial charge < -0.3 is 25.5 Å². The minimum atomic E-state index is -0.785. The van der Waals surface area contributed by atoms with Crippen LogP contribution in [0.25, 0.3) is 0 Å². The van der Waals surface area contributed by atoms with E-state index < -0.39 is 18.3 Å². The maximum atomic E-state index is 9.56. The van der Waals surface area contributed by atoms with E-state index in [1.807, 2.05) is 0 Å². The fourth-order valence-corrected chi connectivity index (χ4v) is 1.48. The van der Waals surface area contributed by atoms with E-state index in [4.69, 9.17) is 15.3 Å². The molecule has 0 radical (unpaired) electrons. The molecule has 0 fully saturated rings. The van der Waals surface area contributed by atoms with Crippen molar-refractivity contribution in [3.8, 4) is 0 Å². The molecule has 5 nitrogen and oxygen atoms in total. The first-order valence-corrected chi connectivity index (χ1v) is 6.69. The molecule has 0 rings (SSSR count). The third-order valence-corrected chi connectivity index (χ3v) is 2.62. The number of rotatable bonds is 11. The Labute approximate surface area is 114 Å². The second kappa shape index (κ2) is 12.3. The van der Waals surface area contributed by atoms with Gasteiger partial charge in [0.15, 0.2) is 0 Å². The molecule has 0 aromatic heterocycles. The van der Waals surface area contributed by atoms with Crippen molar-refractivity contribution in [3.63, 3.8) is 0 Å². The van der Waals surface area contributed by atoms with Gasteiger partial charge in [-0.05, 0) is 32.1 Å². The topological polar surface area (TPSA) is 101 Å². The summed E-state index contributed by atoms with van der Waals surface area (Å²) in [6.45, 7) is -0.153. The quantitative estimate of drug-likeness (QED) is 0.272. The van der Waals surface area contributed by atoms with Gasteiger partial charge in [-0.15, -0.1) is 0 Å². The minimum absolute atomic E-state index is 0.139. The summed E-state index contributed by atoms with van der Waals surface area (Å²) >= 11 is 0. The summed E-state index contributed by atoms with van der Waals surface area (Å²) in [6.07, 6.45) is 7.29. The number of aliphatic hydroxyl groups excluding tert-OH is 5. The van der Waals surface area contributed by atoms with Gasteiger partial charge in [0.1, 0.15) is 0 Å². The Morgan fingerprint density at radius 2 is 1.42 bits per heavy atom. The molecule has 0 bridgehead atoms. The lowest BCUT2D eigenvalue weighted by molar-refractivity contribution is 0.0973. The molecule has 0 saturated carbocycles. The van der Waals surface area contributed by atoms with Gasteiger partial charge in [-0.25, -0.2) is 0 Å². The molecule has 0 aliphatic heterocycles. The number of hydrogen-bond acceptors (Lipinski definition) is 5. The molecule has 0 unspecified atom stereocenters. The summed E-state index contributed by atoms with van der Waals surface area (Å²) in [7, 11) is 0. The first kappa shape index (κ1) is 18.3. The smallest absolute Gasteiger partial charge is 0.0805 e. The molecule has 0 aromatic carbocycles. The Kier molecular flexibility index (Phi) is 11.9. The Bertz CT molecular complexity index is 252. The molecule has 0 saturated heterocycles. The average molecular weight is 274 g/mol. The third-order valence-electron chi connectivity index (χ3n) is 2.62. The van der Waals surface area contributed by atoms with E-state index in [9.17, 15) is 10.2 Å². The van der Waals surface area contributed by atoms with Gasteiger partial charge in [-0.2, -0.15) is 0 Å². The normalized spacial score (nSPS) is 17.1. The van der Waals surface area contributed by atoms with Crippen molar-refractivity contribution >= 4 is 0 Å². The van der Waals surface area contributed by atoms with Crippen molar-refractivity contribution in [3.05, 3.63) is 24.3 Å². The van der Waals surface area contributed by atoms with Crippen LogP contribution in [-0.4, -0.2) is 57.1 Å².